The van der Waals surface area contributed by atoms with Crippen LogP contribution in [0.2, 0.25) is 0 Å². The second kappa shape index (κ2) is 7.45. The van der Waals surface area contributed by atoms with Crippen LogP contribution < -0.4 is 5.32 Å². The first-order valence-corrected chi connectivity index (χ1v) is 6.41. The van der Waals surface area contributed by atoms with Crippen LogP contribution in [0, 0.1) is 0 Å². The molecule has 1 fully saturated rings. The summed E-state index contributed by atoms with van der Waals surface area (Å²) in [5, 5.41) is 4.29. The number of hydrogen-bond donors (Lipinski definition) is 1. The third-order valence-electron chi connectivity index (χ3n) is 2.47. The molecule has 0 radical (unpaired) electrons. The molecular formula is C11H21NS. The van der Waals surface area contributed by atoms with Gasteiger partial charge in [-0.2, -0.15) is 11.8 Å². The maximum absolute atomic E-state index is 3.68. The Morgan fingerprint density at radius 3 is 2.77 bits per heavy atom. The van der Waals surface area contributed by atoms with Gasteiger partial charge in [-0.1, -0.05) is 25.3 Å². The Kier molecular flexibility index (Phi) is 6.38. The van der Waals surface area contributed by atoms with Crippen LogP contribution in [0.1, 0.15) is 32.1 Å². The van der Waals surface area contributed by atoms with E-state index in [1.54, 1.807) is 0 Å². The van der Waals surface area contributed by atoms with Crippen LogP contribution in [0.15, 0.2) is 12.7 Å². The van der Waals surface area contributed by atoms with Gasteiger partial charge < -0.3 is 5.32 Å². The van der Waals surface area contributed by atoms with E-state index in [0.29, 0.717) is 0 Å². The van der Waals surface area contributed by atoms with Gasteiger partial charge in [0.2, 0.25) is 0 Å². The Bertz CT molecular complexity index is 130. The van der Waals surface area contributed by atoms with Crippen molar-refractivity contribution in [2.24, 2.45) is 0 Å². The van der Waals surface area contributed by atoms with Crippen LogP contribution in [0.3, 0.4) is 0 Å². The fourth-order valence-electron chi connectivity index (χ4n) is 1.73. The molecule has 0 bridgehead atoms. The monoisotopic (exact) mass is 199 g/mol. The zero-order valence-corrected chi connectivity index (χ0v) is 9.24. The number of rotatable bonds is 6. The Morgan fingerprint density at radius 2 is 2.08 bits per heavy atom. The van der Waals surface area contributed by atoms with Crippen molar-refractivity contribution in [1.29, 1.82) is 0 Å². The van der Waals surface area contributed by atoms with Crippen LogP contribution in [0.25, 0.3) is 0 Å². The summed E-state index contributed by atoms with van der Waals surface area (Å²) in [7, 11) is 0. The van der Waals surface area contributed by atoms with Gasteiger partial charge >= 0.3 is 0 Å². The summed E-state index contributed by atoms with van der Waals surface area (Å²) in [6, 6.07) is 0. The van der Waals surface area contributed by atoms with Gasteiger partial charge in [-0.05, 0) is 12.8 Å². The van der Waals surface area contributed by atoms with E-state index in [9.17, 15) is 0 Å². The molecule has 1 saturated carbocycles. The molecule has 76 valence electrons. The van der Waals surface area contributed by atoms with Crippen molar-refractivity contribution in [2.45, 2.75) is 37.4 Å². The highest BCUT2D eigenvalue weighted by atomic mass is 32.2. The SMILES string of the molecule is C=CCNCCSC1CCCCC1. The van der Waals surface area contributed by atoms with Crippen molar-refractivity contribution in [2.75, 3.05) is 18.8 Å². The lowest BCUT2D eigenvalue weighted by Crippen LogP contribution is -2.18. The van der Waals surface area contributed by atoms with E-state index < -0.39 is 0 Å². The van der Waals surface area contributed by atoms with E-state index in [1.807, 2.05) is 6.08 Å². The second-order valence-corrected chi connectivity index (χ2v) is 5.03. The molecule has 1 N–H and O–H groups in total. The summed E-state index contributed by atoms with van der Waals surface area (Å²) in [6.07, 6.45) is 9.20. The molecule has 0 unspecified atom stereocenters. The lowest BCUT2D eigenvalue weighted by atomic mass is 10.0. The smallest absolute Gasteiger partial charge is 0.0132 e. The Morgan fingerprint density at radius 1 is 1.31 bits per heavy atom. The molecule has 0 atom stereocenters. The van der Waals surface area contributed by atoms with Gasteiger partial charge in [-0.3, -0.25) is 0 Å². The molecule has 1 aliphatic carbocycles. The zero-order chi connectivity index (χ0) is 9.36. The molecule has 0 aromatic rings. The van der Waals surface area contributed by atoms with Crippen molar-refractivity contribution >= 4 is 11.8 Å². The highest BCUT2D eigenvalue weighted by molar-refractivity contribution is 7.99. The van der Waals surface area contributed by atoms with E-state index in [-0.39, 0.29) is 0 Å². The molecule has 0 amide bonds. The molecule has 1 nitrogen and oxygen atoms in total. The highest BCUT2D eigenvalue weighted by Gasteiger charge is 2.12. The van der Waals surface area contributed by atoms with Crippen LogP contribution in [0.5, 0.6) is 0 Å². The zero-order valence-electron chi connectivity index (χ0n) is 8.43. The van der Waals surface area contributed by atoms with Crippen LogP contribution in [-0.4, -0.2) is 24.1 Å². The largest absolute Gasteiger partial charge is 0.312 e. The number of hydrogen-bond acceptors (Lipinski definition) is 2. The first-order chi connectivity index (χ1) is 6.43. The van der Waals surface area contributed by atoms with Gasteiger partial charge in [0.1, 0.15) is 0 Å². The second-order valence-electron chi connectivity index (χ2n) is 3.62. The molecule has 0 heterocycles. The van der Waals surface area contributed by atoms with Gasteiger partial charge in [0.15, 0.2) is 0 Å². The maximum atomic E-state index is 3.68. The van der Waals surface area contributed by atoms with Crippen LogP contribution >= 0.6 is 11.8 Å². The summed E-state index contributed by atoms with van der Waals surface area (Å²) >= 11 is 2.15. The Hall–Kier alpha value is 0.0500. The molecule has 2 heteroatoms. The van der Waals surface area contributed by atoms with E-state index in [1.165, 1.54) is 37.9 Å². The van der Waals surface area contributed by atoms with Crippen LogP contribution in [-0.2, 0) is 0 Å². The minimum atomic E-state index is 0.950. The minimum absolute atomic E-state index is 0.950. The van der Waals surface area contributed by atoms with Crippen molar-refractivity contribution < 1.29 is 0 Å². The van der Waals surface area contributed by atoms with E-state index in [4.69, 9.17) is 0 Å². The topological polar surface area (TPSA) is 12.0 Å². The number of nitrogens with one attached hydrogen (secondary N) is 1. The standard InChI is InChI=1S/C11H21NS/c1-2-8-12-9-10-13-11-6-4-3-5-7-11/h2,11-12H,1,3-10H2. The van der Waals surface area contributed by atoms with Gasteiger partial charge in [-0.25, -0.2) is 0 Å². The van der Waals surface area contributed by atoms with Gasteiger partial charge in [0, 0.05) is 24.1 Å². The van der Waals surface area contributed by atoms with Crippen molar-refractivity contribution in [3.8, 4) is 0 Å². The molecular weight excluding hydrogens is 178 g/mol. The molecule has 0 saturated heterocycles. The van der Waals surface area contributed by atoms with E-state index in [0.717, 1.165) is 18.3 Å². The fraction of sp³-hybridized carbons (Fsp3) is 0.818. The first kappa shape index (κ1) is 11.1. The molecule has 13 heavy (non-hydrogen) atoms. The lowest BCUT2D eigenvalue weighted by Gasteiger charge is -2.20. The quantitative estimate of drug-likeness (QED) is 0.521. The van der Waals surface area contributed by atoms with Crippen molar-refractivity contribution in [1.82, 2.24) is 5.32 Å². The van der Waals surface area contributed by atoms with E-state index >= 15 is 0 Å². The van der Waals surface area contributed by atoms with Crippen molar-refractivity contribution in [3.05, 3.63) is 12.7 Å². The maximum Gasteiger partial charge on any atom is 0.0132 e. The third kappa shape index (κ3) is 5.37. The summed E-state index contributed by atoms with van der Waals surface area (Å²) < 4.78 is 0. The molecule has 1 rings (SSSR count). The average Bonchev–Trinajstić information content (AvgIpc) is 2.19. The van der Waals surface area contributed by atoms with Crippen LogP contribution in [0.4, 0.5) is 0 Å². The Labute approximate surface area is 86.4 Å². The first-order valence-electron chi connectivity index (χ1n) is 5.36. The van der Waals surface area contributed by atoms with Gasteiger partial charge in [-0.15, -0.1) is 6.58 Å². The summed E-state index contributed by atoms with van der Waals surface area (Å²) in [6.45, 7) is 5.76. The molecule has 0 aromatic carbocycles. The summed E-state index contributed by atoms with van der Waals surface area (Å²) in [4.78, 5) is 0. The molecule has 0 aliphatic heterocycles. The van der Waals surface area contributed by atoms with Gasteiger partial charge in [0.05, 0.1) is 0 Å². The molecule has 0 aromatic heterocycles. The predicted octanol–water partition coefficient (Wildman–Crippen LogP) is 2.83. The minimum Gasteiger partial charge on any atom is -0.312 e. The van der Waals surface area contributed by atoms with E-state index in [2.05, 4.69) is 23.7 Å². The Balaban J connectivity index is 1.89. The summed E-state index contributed by atoms with van der Waals surface area (Å²) in [5.74, 6) is 1.26. The number of thioether (sulfide) groups is 1. The average molecular weight is 199 g/mol. The lowest BCUT2D eigenvalue weighted by molar-refractivity contribution is 0.516. The van der Waals surface area contributed by atoms with Gasteiger partial charge in [0.25, 0.3) is 0 Å². The predicted molar refractivity (Wildman–Crippen MR) is 62.4 cm³/mol. The molecule has 0 spiro atoms. The summed E-state index contributed by atoms with van der Waals surface area (Å²) in [5.41, 5.74) is 0. The molecule has 1 aliphatic rings. The third-order valence-corrected chi connectivity index (χ3v) is 3.86. The normalized spacial score (nSPS) is 18.8. The fourth-order valence-corrected chi connectivity index (χ4v) is 3.00. The highest BCUT2D eigenvalue weighted by Crippen LogP contribution is 2.27. The van der Waals surface area contributed by atoms with Crippen molar-refractivity contribution in [3.63, 3.8) is 0 Å².